The van der Waals surface area contributed by atoms with Gasteiger partial charge in [0.15, 0.2) is 0 Å². The summed E-state index contributed by atoms with van der Waals surface area (Å²) in [4.78, 5) is 5.11. The molecule has 0 saturated carbocycles. The summed E-state index contributed by atoms with van der Waals surface area (Å²) in [7, 11) is 0. The molecule has 1 unspecified atom stereocenters. The van der Waals surface area contributed by atoms with Gasteiger partial charge in [0.1, 0.15) is 17.6 Å². The van der Waals surface area contributed by atoms with Gasteiger partial charge in [-0.25, -0.2) is 0 Å². The fourth-order valence-electron chi connectivity index (χ4n) is 6.06. The highest BCUT2D eigenvalue weighted by atomic mass is 35.5. The number of nitrogens with two attached hydrogens (primary N) is 1. The highest BCUT2D eigenvalue weighted by Crippen LogP contribution is 2.50. The van der Waals surface area contributed by atoms with Crippen molar-refractivity contribution in [3.63, 3.8) is 0 Å². The van der Waals surface area contributed by atoms with E-state index in [0.717, 1.165) is 62.9 Å². The highest BCUT2D eigenvalue weighted by Gasteiger charge is 2.43. The van der Waals surface area contributed by atoms with Crippen molar-refractivity contribution in [3.8, 4) is 0 Å². The van der Waals surface area contributed by atoms with E-state index in [-0.39, 0.29) is 48.7 Å². The number of ether oxygens (including phenoxy) is 2. The Kier molecular flexibility index (Phi) is 12.6. The number of fused-ring (bicyclic) bond motifs is 1. The van der Waals surface area contributed by atoms with E-state index in [1.807, 2.05) is 6.92 Å². The summed E-state index contributed by atoms with van der Waals surface area (Å²) < 4.78 is 12.5. The van der Waals surface area contributed by atoms with Gasteiger partial charge in [0.25, 0.3) is 0 Å². The van der Waals surface area contributed by atoms with E-state index in [1.54, 1.807) is 0 Å². The Bertz CT molecular complexity index is 1170. The van der Waals surface area contributed by atoms with E-state index in [1.165, 1.54) is 27.8 Å². The van der Waals surface area contributed by atoms with Gasteiger partial charge in [-0.3, -0.25) is 9.80 Å². The maximum absolute atomic E-state index is 6.82. The molecule has 0 amide bonds. The molecule has 2 N–H and O–H groups in total. The minimum Gasteiger partial charge on any atom is -0.466 e. The molecule has 40 heavy (non-hydrogen) atoms. The number of hydrogen-bond acceptors (Lipinski definition) is 5. The lowest BCUT2D eigenvalue weighted by molar-refractivity contribution is 0.0406. The molecule has 0 spiro atoms. The average Bonchev–Trinajstić information content (AvgIpc) is 3.18. The Morgan fingerprint density at radius 3 is 1.90 bits per heavy atom. The smallest absolute Gasteiger partial charge is 0.108 e. The van der Waals surface area contributed by atoms with Crippen LogP contribution < -0.4 is 5.73 Å². The first-order valence-electron chi connectivity index (χ1n) is 13.6. The van der Waals surface area contributed by atoms with Gasteiger partial charge in [0.2, 0.25) is 0 Å². The summed E-state index contributed by atoms with van der Waals surface area (Å²) >= 11 is 0. The van der Waals surface area contributed by atoms with Crippen molar-refractivity contribution in [2.45, 2.75) is 40.2 Å². The van der Waals surface area contributed by atoms with Gasteiger partial charge < -0.3 is 15.2 Å². The molecular formula is C32H44Cl3N3O2. The highest BCUT2D eigenvalue weighted by molar-refractivity contribution is 5.86. The van der Waals surface area contributed by atoms with E-state index in [2.05, 4.69) is 91.2 Å². The molecule has 0 radical (unpaired) electrons. The number of halogens is 3. The molecule has 2 aliphatic heterocycles. The summed E-state index contributed by atoms with van der Waals surface area (Å²) in [6.45, 7) is 15.4. The lowest BCUT2D eigenvalue weighted by atomic mass is 9.85. The van der Waals surface area contributed by atoms with Crippen LogP contribution in [0.4, 0.5) is 0 Å². The zero-order valence-electron chi connectivity index (χ0n) is 24.0. The van der Waals surface area contributed by atoms with Crippen molar-refractivity contribution in [1.29, 1.82) is 0 Å². The van der Waals surface area contributed by atoms with Crippen LogP contribution in [0.15, 0.2) is 94.6 Å². The molecule has 3 aliphatic rings. The van der Waals surface area contributed by atoms with Gasteiger partial charge >= 0.3 is 0 Å². The zero-order valence-corrected chi connectivity index (χ0v) is 26.5. The predicted octanol–water partition coefficient (Wildman–Crippen LogP) is 6.90. The normalized spacial score (nSPS) is 21.4. The van der Waals surface area contributed by atoms with E-state index in [9.17, 15) is 0 Å². The summed E-state index contributed by atoms with van der Waals surface area (Å²) in [5.41, 5.74) is 13.9. The van der Waals surface area contributed by atoms with Crippen LogP contribution in [0.2, 0.25) is 0 Å². The lowest BCUT2D eigenvalue weighted by Gasteiger charge is -2.39. The fourth-order valence-corrected chi connectivity index (χ4v) is 6.06. The third kappa shape index (κ3) is 7.25. The Labute approximate surface area is 258 Å². The maximum atomic E-state index is 6.82. The van der Waals surface area contributed by atoms with Crippen LogP contribution in [0, 0.1) is 5.41 Å². The molecule has 5 rings (SSSR count). The topological polar surface area (TPSA) is 51.0 Å². The first-order valence-corrected chi connectivity index (χ1v) is 13.6. The third-order valence-corrected chi connectivity index (χ3v) is 8.36. The molecule has 5 nitrogen and oxygen atoms in total. The molecule has 1 aliphatic carbocycles. The Balaban J connectivity index is 0.00000187. The molecular weight excluding hydrogens is 565 g/mol. The minimum atomic E-state index is -0.0506. The largest absolute Gasteiger partial charge is 0.466 e. The van der Waals surface area contributed by atoms with Crippen LogP contribution >= 0.6 is 37.2 Å². The van der Waals surface area contributed by atoms with E-state index in [4.69, 9.17) is 15.2 Å². The van der Waals surface area contributed by atoms with Crippen LogP contribution in [0.25, 0.3) is 0 Å². The second-order valence-electron chi connectivity index (χ2n) is 11.0. The summed E-state index contributed by atoms with van der Waals surface area (Å²) in [5.74, 6) is 1.99. The van der Waals surface area contributed by atoms with Crippen molar-refractivity contribution in [1.82, 2.24) is 9.80 Å². The van der Waals surface area contributed by atoms with Crippen LogP contribution in [0.3, 0.4) is 0 Å². The first-order chi connectivity index (χ1) is 17.9. The van der Waals surface area contributed by atoms with Gasteiger partial charge in [-0.1, -0.05) is 67.6 Å². The second-order valence-corrected chi connectivity index (χ2v) is 11.0. The van der Waals surface area contributed by atoms with Gasteiger partial charge in [0, 0.05) is 61.5 Å². The van der Waals surface area contributed by atoms with Gasteiger partial charge in [-0.2, -0.15) is 0 Å². The first kappa shape index (κ1) is 34.2. The fraction of sp³-hybridized carbons (Fsp3) is 0.438. The van der Waals surface area contributed by atoms with Gasteiger partial charge in [-0.15, -0.1) is 37.2 Å². The number of piperazine rings is 1. The molecule has 2 heterocycles. The Hall–Kier alpha value is -1.99. The van der Waals surface area contributed by atoms with Crippen LogP contribution in [-0.4, -0.2) is 55.7 Å². The summed E-state index contributed by atoms with van der Waals surface area (Å²) in [6, 6.07) is 21.1. The van der Waals surface area contributed by atoms with Crippen molar-refractivity contribution in [2.24, 2.45) is 11.1 Å². The molecule has 2 aromatic carbocycles. The van der Waals surface area contributed by atoms with Crippen molar-refractivity contribution < 1.29 is 9.47 Å². The molecule has 1 fully saturated rings. The van der Waals surface area contributed by atoms with Crippen molar-refractivity contribution in [2.75, 3.05) is 45.9 Å². The van der Waals surface area contributed by atoms with Gasteiger partial charge in [-0.05, 0) is 43.9 Å². The molecule has 1 saturated heterocycles. The predicted molar refractivity (Wildman–Crippen MR) is 171 cm³/mol. The van der Waals surface area contributed by atoms with Crippen molar-refractivity contribution >= 4 is 37.2 Å². The van der Waals surface area contributed by atoms with Crippen LogP contribution in [0.1, 0.15) is 51.3 Å². The summed E-state index contributed by atoms with van der Waals surface area (Å²) in [6.07, 6.45) is 0.924. The lowest BCUT2D eigenvalue weighted by Crippen LogP contribution is -2.50. The number of nitrogens with zero attached hydrogens (tertiary/aromatic N) is 2. The SMILES string of the molecule is CC1=C(C)C2=C(N)C(C)(CN3CCN(CCOC(c4ccccc4)c4ccccc4)CC3)CC2=C(C)O1.Cl.Cl.Cl. The Morgan fingerprint density at radius 2 is 1.35 bits per heavy atom. The third-order valence-electron chi connectivity index (χ3n) is 8.36. The van der Waals surface area contributed by atoms with Crippen LogP contribution in [-0.2, 0) is 9.47 Å². The van der Waals surface area contributed by atoms with Crippen molar-refractivity contribution in [3.05, 3.63) is 106 Å². The molecule has 1 atom stereocenters. The minimum absolute atomic E-state index is 0. The number of hydrogen-bond donors (Lipinski definition) is 1. The second kappa shape index (κ2) is 14.8. The quantitative estimate of drug-likeness (QED) is 0.353. The molecule has 8 heteroatoms. The number of allylic oxidation sites excluding steroid dienone is 5. The standard InChI is InChI=1S/C32H41N3O2.3ClH/c1-23-24(2)37-25(3)28-21-32(4,31(33)29(23)28)22-35-17-15-34(16-18-35)19-20-36-30(26-11-7-5-8-12-26)27-13-9-6-10-14-27;;;/h5-14,30H,15-22,33H2,1-4H3;3*1H. The number of rotatable bonds is 8. The molecule has 220 valence electrons. The monoisotopic (exact) mass is 607 g/mol. The average molecular weight is 609 g/mol. The van der Waals surface area contributed by atoms with E-state index in [0.29, 0.717) is 6.61 Å². The molecule has 0 aromatic heterocycles. The van der Waals surface area contributed by atoms with Gasteiger partial charge in [0.05, 0.1) is 6.61 Å². The van der Waals surface area contributed by atoms with E-state index < -0.39 is 0 Å². The summed E-state index contributed by atoms with van der Waals surface area (Å²) in [5, 5.41) is 0. The van der Waals surface area contributed by atoms with Crippen LogP contribution in [0.5, 0.6) is 0 Å². The van der Waals surface area contributed by atoms with E-state index >= 15 is 0 Å². The molecule has 0 bridgehead atoms. The molecule has 2 aromatic rings. The zero-order chi connectivity index (χ0) is 26.0. The maximum Gasteiger partial charge on any atom is 0.108 e. The Morgan fingerprint density at radius 1 is 0.825 bits per heavy atom. The number of benzene rings is 2.